The number of benzene rings is 1. The summed E-state index contributed by atoms with van der Waals surface area (Å²) in [5, 5.41) is 25.1. The van der Waals surface area contributed by atoms with E-state index in [1.807, 2.05) is 6.07 Å². The number of hydrogen-bond acceptors (Lipinski definition) is 6. The predicted molar refractivity (Wildman–Crippen MR) is 101 cm³/mol. The van der Waals surface area contributed by atoms with E-state index < -0.39 is 17.4 Å². The maximum Gasteiger partial charge on any atom is 0.431 e. The second-order valence-electron chi connectivity index (χ2n) is 6.50. The van der Waals surface area contributed by atoms with Gasteiger partial charge in [0.05, 0.1) is 22.5 Å². The summed E-state index contributed by atoms with van der Waals surface area (Å²) in [5.41, 5.74) is 11.6. The van der Waals surface area contributed by atoms with Gasteiger partial charge in [0.15, 0.2) is 0 Å². The standard InChI is InChI=1S/C19H17F3N6/c20-19(21,22)18(27)13(8-25)17-11-4-2-1-3-10(11)15-12(7-24)16(26)9(6-23)5-14(15)28-17/h5,7-8,24-25H,1-4,26-27H2. The molecular weight excluding hydrogens is 369 g/mol. The summed E-state index contributed by atoms with van der Waals surface area (Å²) in [4.78, 5) is 4.35. The van der Waals surface area contributed by atoms with Gasteiger partial charge < -0.3 is 22.3 Å². The normalized spacial score (nSPS) is 14.8. The van der Waals surface area contributed by atoms with Crippen molar-refractivity contribution >= 4 is 34.6 Å². The van der Waals surface area contributed by atoms with E-state index in [1.165, 1.54) is 6.07 Å². The maximum absolute atomic E-state index is 13.2. The molecule has 0 amide bonds. The van der Waals surface area contributed by atoms with Gasteiger partial charge in [0, 0.05) is 29.0 Å². The Labute approximate surface area is 158 Å². The highest BCUT2D eigenvalue weighted by Gasteiger charge is 2.35. The van der Waals surface area contributed by atoms with Crippen molar-refractivity contribution in [3.05, 3.63) is 39.7 Å². The number of nitrogen functional groups attached to an aromatic ring is 1. The van der Waals surface area contributed by atoms with E-state index in [0.29, 0.717) is 35.6 Å². The molecule has 3 rings (SSSR count). The van der Waals surface area contributed by atoms with Crippen LogP contribution >= 0.6 is 0 Å². The van der Waals surface area contributed by atoms with Crippen molar-refractivity contribution in [2.45, 2.75) is 31.9 Å². The Morgan fingerprint density at radius 2 is 1.86 bits per heavy atom. The third kappa shape index (κ3) is 2.97. The van der Waals surface area contributed by atoms with Gasteiger partial charge in [-0.3, -0.25) is 0 Å². The molecule has 0 unspecified atom stereocenters. The van der Waals surface area contributed by atoms with Crippen LogP contribution < -0.4 is 11.5 Å². The van der Waals surface area contributed by atoms with Crippen LogP contribution in [0.2, 0.25) is 0 Å². The molecule has 1 aromatic heterocycles. The molecule has 1 aliphatic rings. The summed E-state index contributed by atoms with van der Waals surface area (Å²) in [6, 6.07) is 3.33. The lowest BCUT2D eigenvalue weighted by Crippen LogP contribution is -2.23. The topological polar surface area (TPSA) is 136 Å². The number of alkyl halides is 3. The van der Waals surface area contributed by atoms with E-state index in [-0.39, 0.29) is 22.5 Å². The van der Waals surface area contributed by atoms with Crippen molar-refractivity contribution in [2.24, 2.45) is 5.73 Å². The molecule has 1 heterocycles. The quantitative estimate of drug-likeness (QED) is 0.474. The molecular formula is C19H17F3N6. The van der Waals surface area contributed by atoms with Crippen LogP contribution in [0.5, 0.6) is 0 Å². The number of fused-ring (bicyclic) bond motifs is 3. The van der Waals surface area contributed by atoms with Crippen molar-refractivity contribution in [3.8, 4) is 6.07 Å². The van der Waals surface area contributed by atoms with Gasteiger partial charge >= 0.3 is 6.18 Å². The summed E-state index contributed by atoms with van der Waals surface area (Å²) >= 11 is 0. The third-order valence-electron chi connectivity index (χ3n) is 4.93. The number of allylic oxidation sites excluding steroid dienone is 2. The Hall–Kier alpha value is -3.41. The molecule has 0 aliphatic heterocycles. The number of hydrogen-bond donors (Lipinski definition) is 4. The Morgan fingerprint density at radius 3 is 2.39 bits per heavy atom. The summed E-state index contributed by atoms with van der Waals surface area (Å²) in [7, 11) is 0. The van der Waals surface area contributed by atoms with Crippen LogP contribution in [0.25, 0.3) is 16.5 Å². The van der Waals surface area contributed by atoms with Gasteiger partial charge in [-0.1, -0.05) is 0 Å². The van der Waals surface area contributed by atoms with Crippen LogP contribution in [0.15, 0.2) is 11.8 Å². The number of aromatic nitrogens is 1. The Kier molecular flexibility index (Phi) is 4.81. The minimum atomic E-state index is -4.80. The third-order valence-corrected chi connectivity index (χ3v) is 4.93. The van der Waals surface area contributed by atoms with E-state index in [1.54, 1.807) is 0 Å². The van der Waals surface area contributed by atoms with Crippen molar-refractivity contribution in [1.82, 2.24) is 4.98 Å². The average molecular weight is 386 g/mol. The second kappa shape index (κ2) is 6.96. The lowest BCUT2D eigenvalue weighted by Gasteiger charge is -2.24. The first kappa shape index (κ1) is 19.4. The average Bonchev–Trinajstić information content (AvgIpc) is 2.67. The van der Waals surface area contributed by atoms with E-state index in [0.717, 1.165) is 24.6 Å². The summed E-state index contributed by atoms with van der Waals surface area (Å²) in [5.74, 6) is 0. The molecule has 2 aromatic rings. The van der Waals surface area contributed by atoms with Crippen molar-refractivity contribution in [2.75, 3.05) is 5.73 Å². The Morgan fingerprint density at radius 1 is 1.21 bits per heavy atom. The number of pyridine rings is 1. The zero-order valence-electron chi connectivity index (χ0n) is 14.7. The fourth-order valence-corrected chi connectivity index (χ4v) is 3.63. The molecule has 0 saturated carbocycles. The molecule has 6 nitrogen and oxygen atoms in total. The SMILES string of the molecule is N#Cc1cc2nc(C(C=N)=C(N)C(F)(F)F)c3c(c2c(C=N)c1N)CCCC3. The highest BCUT2D eigenvalue weighted by atomic mass is 19.4. The number of nitrogens with zero attached hydrogens (tertiary/aromatic N) is 2. The molecule has 0 saturated heterocycles. The van der Waals surface area contributed by atoms with Gasteiger partial charge in [0.1, 0.15) is 11.8 Å². The van der Waals surface area contributed by atoms with E-state index in [2.05, 4.69) is 4.98 Å². The molecule has 1 aliphatic carbocycles. The molecule has 0 bridgehead atoms. The zero-order chi connectivity index (χ0) is 20.6. The molecule has 6 N–H and O–H groups in total. The first-order valence-corrected chi connectivity index (χ1v) is 8.50. The molecule has 0 radical (unpaired) electrons. The molecule has 0 atom stereocenters. The second-order valence-corrected chi connectivity index (χ2v) is 6.50. The number of nitrogens with one attached hydrogen (secondary N) is 2. The van der Waals surface area contributed by atoms with Crippen LogP contribution in [0.1, 0.15) is 40.8 Å². The molecule has 1 aromatic carbocycles. The van der Waals surface area contributed by atoms with Crippen LogP contribution in [0.4, 0.5) is 18.9 Å². The van der Waals surface area contributed by atoms with Gasteiger partial charge in [0.25, 0.3) is 0 Å². The highest BCUT2D eigenvalue weighted by molar-refractivity contribution is 6.12. The monoisotopic (exact) mass is 386 g/mol. The van der Waals surface area contributed by atoms with Gasteiger partial charge in [-0.05, 0) is 42.9 Å². The lowest BCUT2D eigenvalue weighted by molar-refractivity contribution is -0.0919. The molecule has 144 valence electrons. The summed E-state index contributed by atoms with van der Waals surface area (Å²) in [6.45, 7) is 0. The van der Waals surface area contributed by atoms with Crippen molar-refractivity contribution in [1.29, 1.82) is 16.1 Å². The van der Waals surface area contributed by atoms with Crippen LogP contribution in [-0.4, -0.2) is 23.6 Å². The Balaban J connectivity index is 2.51. The molecule has 0 fully saturated rings. The van der Waals surface area contributed by atoms with Gasteiger partial charge in [-0.2, -0.15) is 18.4 Å². The van der Waals surface area contributed by atoms with Gasteiger partial charge in [-0.15, -0.1) is 0 Å². The Bertz CT molecular complexity index is 1080. The molecule has 0 spiro atoms. The van der Waals surface area contributed by atoms with Crippen LogP contribution in [0.3, 0.4) is 0 Å². The van der Waals surface area contributed by atoms with Crippen LogP contribution in [0, 0.1) is 22.1 Å². The van der Waals surface area contributed by atoms with Gasteiger partial charge in [0.2, 0.25) is 0 Å². The largest absolute Gasteiger partial charge is 0.431 e. The smallest absolute Gasteiger partial charge is 0.397 e. The van der Waals surface area contributed by atoms with E-state index >= 15 is 0 Å². The number of aryl methyl sites for hydroxylation is 1. The number of rotatable bonds is 3. The van der Waals surface area contributed by atoms with Crippen molar-refractivity contribution < 1.29 is 13.2 Å². The number of nitrogens with two attached hydrogens (primary N) is 2. The first-order valence-electron chi connectivity index (χ1n) is 8.50. The van der Waals surface area contributed by atoms with Crippen LogP contribution in [-0.2, 0) is 12.8 Å². The number of anilines is 1. The van der Waals surface area contributed by atoms with Crippen molar-refractivity contribution in [3.63, 3.8) is 0 Å². The highest BCUT2D eigenvalue weighted by Crippen LogP contribution is 2.38. The summed E-state index contributed by atoms with van der Waals surface area (Å²) < 4.78 is 39.6. The maximum atomic E-state index is 13.2. The first-order chi connectivity index (χ1) is 13.2. The number of halogens is 3. The fourth-order valence-electron chi connectivity index (χ4n) is 3.63. The zero-order valence-corrected chi connectivity index (χ0v) is 14.7. The number of nitriles is 1. The van der Waals surface area contributed by atoms with E-state index in [9.17, 15) is 18.4 Å². The molecule has 28 heavy (non-hydrogen) atoms. The fraction of sp³-hybridized carbons (Fsp3) is 0.263. The van der Waals surface area contributed by atoms with Gasteiger partial charge in [-0.25, -0.2) is 4.98 Å². The molecule has 9 heteroatoms. The summed E-state index contributed by atoms with van der Waals surface area (Å²) in [6.07, 6.45) is -0.572. The minimum absolute atomic E-state index is 0.00313. The lowest BCUT2D eigenvalue weighted by atomic mass is 9.84. The van der Waals surface area contributed by atoms with E-state index in [4.69, 9.17) is 22.3 Å². The minimum Gasteiger partial charge on any atom is -0.397 e. The predicted octanol–water partition coefficient (Wildman–Crippen LogP) is 3.45.